The summed E-state index contributed by atoms with van der Waals surface area (Å²) in [4.78, 5) is 15.8. The summed E-state index contributed by atoms with van der Waals surface area (Å²) in [7, 11) is 0. The Bertz CT molecular complexity index is 3910. The Kier molecular flexibility index (Phi) is 6.95. The Hall–Kier alpha value is -8.15. The summed E-state index contributed by atoms with van der Waals surface area (Å²) in [6.07, 6.45) is 0. The Morgan fingerprint density at radius 2 is 0.817 bits per heavy atom. The van der Waals surface area contributed by atoms with Gasteiger partial charge < -0.3 is 8.83 Å². The molecule has 0 bridgehead atoms. The molecule has 3 heterocycles. The minimum absolute atomic E-state index is 0.600. The molecule has 5 nitrogen and oxygen atoms in total. The highest BCUT2D eigenvalue weighted by Gasteiger charge is 2.19. The van der Waals surface area contributed by atoms with Crippen molar-refractivity contribution in [3.05, 3.63) is 188 Å². The molecule has 0 spiro atoms. The number of nitrogens with zero attached hydrogens (tertiary/aromatic N) is 3. The van der Waals surface area contributed by atoms with Gasteiger partial charge in [-0.15, -0.1) is 0 Å². The van der Waals surface area contributed by atoms with Crippen molar-refractivity contribution in [2.24, 2.45) is 0 Å². The summed E-state index contributed by atoms with van der Waals surface area (Å²) in [5.74, 6) is 1.82. The molecule has 60 heavy (non-hydrogen) atoms. The second-order valence-corrected chi connectivity index (χ2v) is 15.5. The van der Waals surface area contributed by atoms with Gasteiger partial charge in [-0.05, 0) is 96.7 Å². The number of furan rings is 2. The standard InChI is InChI=1S/C55H31N3O2/c1-2-11-38-32(10-1)22-24-34-28-36(26-27-39(34)38)54-56-53(35-25-23-33-30-47-43-12-3-5-19-48(43)60-51(47)31-37(33)29-35)57-55(58-54)45-18-8-14-40-41(15-7-16-42(40)45)44-17-9-21-50-52(44)46-13-4-6-20-49(46)59-50/h1-31H. The van der Waals surface area contributed by atoms with Gasteiger partial charge in [0.05, 0.1) is 0 Å². The summed E-state index contributed by atoms with van der Waals surface area (Å²) in [6.45, 7) is 0. The average Bonchev–Trinajstić information content (AvgIpc) is 3.88. The summed E-state index contributed by atoms with van der Waals surface area (Å²) >= 11 is 0. The third kappa shape index (κ3) is 5.03. The molecular weight excluding hydrogens is 735 g/mol. The molecule has 3 aromatic heterocycles. The van der Waals surface area contributed by atoms with E-state index in [0.29, 0.717) is 17.5 Å². The van der Waals surface area contributed by atoms with E-state index >= 15 is 0 Å². The maximum atomic E-state index is 6.31. The predicted octanol–water partition coefficient (Wildman–Crippen LogP) is 15.0. The summed E-state index contributed by atoms with van der Waals surface area (Å²) in [6, 6.07) is 65.8. The van der Waals surface area contributed by atoms with Crippen molar-refractivity contribution < 1.29 is 8.83 Å². The van der Waals surface area contributed by atoms with Gasteiger partial charge in [-0.25, -0.2) is 15.0 Å². The number of aromatic nitrogens is 3. The average molecular weight is 766 g/mol. The van der Waals surface area contributed by atoms with Crippen LogP contribution in [-0.2, 0) is 0 Å². The fraction of sp³-hybridized carbons (Fsp3) is 0. The van der Waals surface area contributed by atoms with Gasteiger partial charge in [-0.2, -0.15) is 0 Å². The molecule has 0 fully saturated rings. The Morgan fingerprint density at radius 3 is 1.67 bits per heavy atom. The van der Waals surface area contributed by atoms with Crippen molar-refractivity contribution >= 4 is 87.0 Å². The van der Waals surface area contributed by atoms with Gasteiger partial charge in [0.2, 0.25) is 0 Å². The summed E-state index contributed by atoms with van der Waals surface area (Å²) < 4.78 is 12.6. The van der Waals surface area contributed by atoms with Gasteiger partial charge in [0.15, 0.2) is 17.5 Å². The minimum Gasteiger partial charge on any atom is -0.456 e. The molecule has 0 saturated heterocycles. The first-order chi connectivity index (χ1) is 29.7. The highest BCUT2D eigenvalue weighted by Crippen LogP contribution is 2.41. The van der Waals surface area contributed by atoms with Crippen molar-refractivity contribution in [2.75, 3.05) is 0 Å². The zero-order valence-corrected chi connectivity index (χ0v) is 32.1. The predicted molar refractivity (Wildman–Crippen MR) is 246 cm³/mol. The molecule has 10 aromatic carbocycles. The van der Waals surface area contributed by atoms with Crippen LogP contribution in [0.1, 0.15) is 0 Å². The maximum absolute atomic E-state index is 6.31. The molecule has 0 unspecified atom stereocenters. The SMILES string of the molecule is c1ccc2c(c1)ccc1cc(-c3nc(-c4ccc5cc6c(cc5c4)oc4ccccc46)nc(-c4cccc5c(-c6cccc7oc8ccccc8c67)cccc45)n3)ccc12. The van der Waals surface area contributed by atoms with Gasteiger partial charge in [-0.1, -0.05) is 146 Å². The van der Waals surface area contributed by atoms with Crippen molar-refractivity contribution in [1.29, 1.82) is 0 Å². The lowest BCUT2D eigenvalue weighted by molar-refractivity contribution is 0.669. The zero-order chi connectivity index (χ0) is 39.3. The van der Waals surface area contributed by atoms with Gasteiger partial charge in [0.25, 0.3) is 0 Å². The van der Waals surface area contributed by atoms with Crippen LogP contribution < -0.4 is 0 Å². The Balaban J connectivity index is 1.02. The number of hydrogen-bond acceptors (Lipinski definition) is 5. The van der Waals surface area contributed by atoms with E-state index in [0.717, 1.165) is 98.6 Å². The van der Waals surface area contributed by atoms with E-state index in [1.807, 2.05) is 30.3 Å². The number of hydrogen-bond donors (Lipinski definition) is 0. The number of rotatable bonds is 4. The van der Waals surface area contributed by atoms with Crippen LogP contribution in [0.4, 0.5) is 0 Å². The molecule has 278 valence electrons. The Labute approximate surface area is 342 Å². The molecule has 0 aliphatic rings. The highest BCUT2D eigenvalue weighted by atomic mass is 16.3. The molecule has 0 aliphatic carbocycles. The first-order valence-electron chi connectivity index (χ1n) is 20.2. The maximum Gasteiger partial charge on any atom is 0.164 e. The Morgan fingerprint density at radius 1 is 0.267 bits per heavy atom. The third-order valence-electron chi connectivity index (χ3n) is 12.1. The lowest BCUT2D eigenvalue weighted by Crippen LogP contribution is -2.01. The van der Waals surface area contributed by atoms with Crippen LogP contribution in [0.5, 0.6) is 0 Å². The fourth-order valence-corrected chi connectivity index (χ4v) is 9.25. The molecule has 0 amide bonds. The van der Waals surface area contributed by atoms with Crippen LogP contribution in [0.15, 0.2) is 197 Å². The van der Waals surface area contributed by atoms with Crippen LogP contribution in [0.2, 0.25) is 0 Å². The van der Waals surface area contributed by atoms with E-state index < -0.39 is 0 Å². The van der Waals surface area contributed by atoms with Crippen molar-refractivity contribution in [3.8, 4) is 45.3 Å². The van der Waals surface area contributed by atoms with E-state index in [1.54, 1.807) is 0 Å². The molecule has 0 saturated carbocycles. The summed E-state index contributed by atoms with van der Waals surface area (Å²) in [5, 5.41) is 13.5. The van der Waals surface area contributed by atoms with Crippen molar-refractivity contribution in [2.45, 2.75) is 0 Å². The molecule has 0 aliphatic heterocycles. The molecule has 13 aromatic rings. The number of fused-ring (bicyclic) bond motifs is 11. The van der Waals surface area contributed by atoms with Gasteiger partial charge >= 0.3 is 0 Å². The molecule has 0 N–H and O–H groups in total. The largest absolute Gasteiger partial charge is 0.456 e. The monoisotopic (exact) mass is 765 g/mol. The quantitative estimate of drug-likeness (QED) is 0.167. The fourth-order valence-electron chi connectivity index (χ4n) is 9.25. The van der Waals surface area contributed by atoms with E-state index in [4.69, 9.17) is 23.8 Å². The molecule has 0 atom stereocenters. The van der Waals surface area contributed by atoms with Crippen molar-refractivity contribution in [3.63, 3.8) is 0 Å². The second-order valence-electron chi connectivity index (χ2n) is 15.5. The van der Waals surface area contributed by atoms with E-state index in [-0.39, 0.29) is 0 Å². The molecule has 5 heteroatoms. The van der Waals surface area contributed by atoms with Crippen LogP contribution in [0.25, 0.3) is 132 Å². The summed E-state index contributed by atoms with van der Waals surface area (Å²) in [5.41, 5.74) is 8.47. The molecule has 0 radical (unpaired) electrons. The van der Waals surface area contributed by atoms with E-state index in [1.165, 1.54) is 16.2 Å². The van der Waals surface area contributed by atoms with Gasteiger partial charge in [0, 0.05) is 38.2 Å². The smallest absolute Gasteiger partial charge is 0.164 e. The topological polar surface area (TPSA) is 65.0 Å². The first kappa shape index (κ1) is 32.9. The van der Waals surface area contributed by atoms with Crippen molar-refractivity contribution in [1.82, 2.24) is 15.0 Å². The van der Waals surface area contributed by atoms with E-state index in [9.17, 15) is 0 Å². The first-order valence-corrected chi connectivity index (χ1v) is 20.2. The van der Waals surface area contributed by atoms with Gasteiger partial charge in [-0.3, -0.25) is 0 Å². The lowest BCUT2D eigenvalue weighted by atomic mass is 9.93. The number of benzene rings is 10. The normalized spacial score (nSPS) is 12.0. The number of para-hydroxylation sites is 2. The molecular formula is C55H31N3O2. The van der Waals surface area contributed by atoms with Crippen LogP contribution >= 0.6 is 0 Å². The zero-order valence-electron chi connectivity index (χ0n) is 32.1. The third-order valence-corrected chi connectivity index (χ3v) is 12.1. The van der Waals surface area contributed by atoms with Crippen LogP contribution in [0, 0.1) is 0 Å². The second kappa shape index (κ2) is 12.7. The van der Waals surface area contributed by atoms with Crippen LogP contribution in [0.3, 0.4) is 0 Å². The highest BCUT2D eigenvalue weighted by molar-refractivity contribution is 6.16. The molecule has 13 rings (SSSR count). The van der Waals surface area contributed by atoms with Crippen LogP contribution in [-0.4, -0.2) is 15.0 Å². The van der Waals surface area contributed by atoms with E-state index in [2.05, 4.69) is 158 Å². The van der Waals surface area contributed by atoms with Gasteiger partial charge in [0.1, 0.15) is 22.3 Å². The minimum atomic E-state index is 0.600. The lowest BCUT2D eigenvalue weighted by Gasteiger charge is -2.13.